The molecule has 140 valence electrons. The first-order chi connectivity index (χ1) is 12.5. The van der Waals surface area contributed by atoms with Crippen molar-refractivity contribution in [3.05, 3.63) is 35.9 Å². The van der Waals surface area contributed by atoms with Crippen molar-refractivity contribution in [3.8, 4) is 0 Å². The van der Waals surface area contributed by atoms with Gasteiger partial charge in [0.2, 0.25) is 11.8 Å². The van der Waals surface area contributed by atoms with Crippen LogP contribution < -0.4 is 5.32 Å². The Morgan fingerprint density at radius 3 is 2.35 bits per heavy atom. The number of carbonyl (C=O) groups is 3. The van der Waals surface area contributed by atoms with Gasteiger partial charge < -0.3 is 15.3 Å². The van der Waals surface area contributed by atoms with E-state index in [0.29, 0.717) is 38.6 Å². The fourth-order valence-corrected chi connectivity index (χ4v) is 3.93. The van der Waals surface area contributed by atoms with Crippen LogP contribution in [-0.4, -0.2) is 40.9 Å². The summed E-state index contributed by atoms with van der Waals surface area (Å²) in [5.41, 5.74) is 0.986. The molecule has 1 unspecified atom stereocenters. The fraction of sp³-hybridized carbons (Fsp3) is 0.550. The second-order valence-corrected chi connectivity index (χ2v) is 7.30. The smallest absolute Gasteiger partial charge is 0.306 e. The molecule has 1 aromatic carbocycles. The predicted molar refractivity (Wildman–Crippen MR) is 96.2 cm³/mol. The van der Waals surface area contributed by atoms with Crippen LogP contribution in [0.25, 0.3) is 0 Å². The van der Waals surface area contributed by atoms with Crippen LogP contribution in [0.3, 0.4) is 0 Å². The van der Waals surface area contributed by atoms with Crippen molar-refractivity contribution in [3.63, 3.8) is 0 Å². The van der Waals surface area contributed by atoms with Gasteiger partial charge in [-0.05, 0) is 37.7 Å². The maximum Gasteiger partial charge on any atom is 0.306 e. The summed E-state index contributed by atoms with van der Waals surface area (Å²) in [6.45, 7) is 1.22. The van der Waals surface area contributed by atoms with Crippen molar-refractivity contribution in [2.24, 2.45) is 11.8 Å². The molecule has 2 aliphatic rings. The average molecular weight is 358 g/mol. The predicted octanol–water partition coefficient (Wildman–Crippen LogP) is 2.36. The number of amides is 2. The first-order valence-electron chi connectivity index (χ1n) is 9.40. The molecule has 1 aliphatic heterocycles. The highest BCUT2D eigenvalue weighted by atomic mass is 16.4. The highest BCUT2D eigenvalue weighted by Crippen LogP contribution is 2.30. The third-order valence-corrected chi connectivity index (χ3v) is 5.54. The Kier molecular flexibility index (Phi) is 5.91. The molecule has 1 saturated heterocycles. The third kappa shape index (κ3) is 4.42. The number of hydrogen-bond donors (Lipinski definition) is 2. The van der Waals surface area contributed by atoms with Gasteiger partial charge in [-0.25, -0.2) is 0 Å². The molecule has 6 nitrogen and oxygen atoms in total. The van der Waals surface area contributed by atoms with Crippen LogP contribution in [0, 0.1) is 11.8 Å². The largest absolute Gasteiger partial charge is 0.481 e. The van der Waals surface area contributed by atoms with Gasteiger partial charge in [0.25, 0.3) is 0 Å². The fourth-order valence-electron chi connectivity index (χ4n) is 3.93. The number of likely N-dealkylation sites (tertiary alicyclic amines) is 1. The molecule has 1 atom stereocenters. The van der Waals surface area contributed by atoms with Crippen molar-refractivity contribution in [1.82, 2.24) is 10.2 Å². The lowest BCUT2D eigenvalue weighted by Gasteiger charge is -2.29. The van der Waals surface area contributed by atoms with Crippen molar-refractivity contribution in [2.45, 2.75) is 44.6 Å². The van der Waals surface area contributed by atoms with Crippen LogP contribution in [-0.2, 0) is 14.4 Å². The quantitative estimate of drug-likeness (QED) is 0.817. The van der Waals surface area contributed by atoms with Crippen molar-refractivity contribution >= 4 is 17.8 Å². The molecule has 1 aromatic rings. The first kappa shape index (κ1) is 18.4. The van der Waals surface area contributed by atoms with E-state index in [0.717, 1.165) is 18.5 Å². The van der Waals surface area contributed by atoms with E-state index in [-0.39, 0.29) is 29.7 Å². The minimum absolute atomic E-state index is 0.0330. The maximum atomic E-state index is 12.8. The van der Waals surface area contributed by atoms with Gasteiger partial charge in [0.1, 0.15) is 0 Å². The molecule has 0 radical (unpaired) electrons. The minimum atomic E-state index is -0.765. The van der Waals surface area contributed by atoms with Crippen molar-refractivity contribution in [1.29, 1.82) is 0 Å². The van der Waals surface area contributed by atoms with Gasteiger partial charge in [0, 0.05) is 25.4 Å². The lowest BCUT2D eigenvalue weighted by Crippen LogP contribution is -2.42. The molecule has 26 heavy (non-hydrogen) atoms. The number of nitrogens with zero attached hydrogens (tertiary/aromatic N) is 1. The van der Waals surface area contributed by atoms with Crippen molar-refractivity contribution < 1.29 is 19.5 Å². The first-order valence-corrected chi connectivity index (χ1v) is 9.40. The summed E-state index contributed by atoms with van der Waals surface area (Å²) in [7, 11) is 0. The summed E-state index contributed by atoms with van der Waals surface area (Å²) >= 11 is 0. The maximum absolute atomic E-state index is 12.8. The SMILES string of the molecule is O=C(O)C1CCC(C(=O)NC(CN2CCCC2=O)c2ccccc2)CC1. The summed E-state index contributed by atoms with van der Waals surface area (Å²) in [5, 5.41) is 12.2. The number of hydrogen-bond acceptors (Lipinski definition) is 3. The lowest BCUT2D eigenvalue weighted by molar-refractivity contribution is -0.144. The lowest BCUT2D eigenvalue weighted by atomic mass is 9.81. The van der Waals surface area contributed by atoms with E-state index in [1.165, 1.54) is 0 Å². The highest BCUT2D eigenvalue weighted by molar-refractivity contribution is 5.80. The van der Waals surface area contributed by atoms with E-state index in [1.807, 2.05) is 35.2 Å². The number of benzene rings is 1. The van der Waals surface area contributed by atoms with Crippen molar-refractivity contribution in [2.75, 3.05) is 13.1 Å². The molecule has 0 spiro atoms. The summed E-state index contributed by atoms with van der Waals surface area (Å²) in [6.07, 6.45) is 3.75. The normalized spacial score (nSPS) is 24.3. The zero-order chi connectivity index (χ0) is 18.5. The Bertz CT molecular complexity index is 653. The molecular weight excluding hydrogens is 332 g/mol. The molecule has 2 N–H and O–H groups in total. The monoisotopic (exact) mass is 358 g/mol. The van der Waals surface area contributed by atoms with Gasteiger partial charge in [-0.2, -0.15) is 0 Å². The number of rotatable bonds is 6. The summed E-state index contributed by atoms with van der Waals surface area (Å²) in [6, 6.07) is 9.48. The third-order valence-electron chi connectivity index (χ3n) is 5.54. The Labute approximate surface area is 153 Å². The molecule has 0 aromatic heterocycles. The van der Waals surface area contributed by atoms with E-state index in [1.54, 1.807) is 0 Å². The van der Waals surface area contributed by atoms with Crippen LogP contribution in [0.1, 0.15) is 50.1 Å². The van der Waals surface area contributed by atoms with E-state index >= 15 is 0 Å². The summed E-state index contributed by atoms with van der Waals surface area (Å²) in [5.74, 6) is -1.13. The van der Waals surface area contributed by atoms with Gasteiger partial charge in [0.05, 0.1) is 12.0 Å². The second kappa shape index (κ2) is 8.34. The van der Waals surface area contributed by atoms with Crippen LogP contribution in [0.4, 0.5) is 0 Å². The van der Waals surface area contributed by atoms with Crippen LogP contribution in [0.5, 0.6) is 0 Å². The Hall–Kier alpha value is -2.37. The van der Waals surface area contributed by atoms with E-state index in [9.17, 15) is 14.4 Å². The summed E-state index contributed by atoms with van der Waals surface area (Å²) in [4.78, 5) is 37.6. The number of carbonyl (C=O) groups excluding carboxylic acids is 2. The molecule has 1 aliphatic carbocycles. The summed E-state index contributed by atoms with van der Waals surface area (Å²) < 4.78 is 0. The molecule has 2 fully saturated rings. The molecule has 1 saturated carbocycles. The van der Waals surface area contributed by atoms with Crippen LogP contribution in [0.15, 0.2) is 30.3 Å². The zero-order valence-corrected chi connectivity index (χ0v) is 14.9. The van der Waals surface area contributed by atoms with Gasteiger partial charge in [-0.1, -0.05) is 30.3 Å². The Morgan fingerprint density at radius 1 is 1.12 bits per heavy atom. The Morgan fingerprint density at radius 2 is 1.77 bits per heavy atom. The van der Waals surface area contributed by atoms with Gasteiger partial charge in [-0.3, -0.25) is 14.4 Å². The van der Waals surface area contributed by atoms with Gasteiger partial charge in [-0.15, -0.1) is 0 Å². The topological polar surface area (TPSA) is 86.7 Å². The molecule has 2 amide bonds. The molecule has 0 bridgehead atoms. The molecule has 3 rings (SSSR count). The average Bonchev–Trinajstić information content (AvgIpc) is 3.06. The molecule has 1 heterocycles. The molecular formula is C20H26N2O4. The van der Waals surface area contributed by atoms with E-state index in [4.69, 9.17) is 5.11 Å². The van der Waals surface area contributed by atoms with Crippen LogP contribution in [0.2, 0.25) is 0 Å². The zero-order valence-electron chi connectivity index (χ0n) is 14.9. The van der Waals surface area contributed by atoms with E-state index < -0.39 is 5.97 Å². The minimum Gasteiger partial charge on any atom is -0.481 e. The standard InChI is InChI=1S/C20H26N2O4/c23-18-7-4-12-22(18)13-17(14-5-2-1-3-6-14)21-19(24)15-8-10-16(11-9-15)20(25)26/h1-3,5-6,15-17H,4,7-13H2,(H,21,24)(H,25,26). The highest BCUT2D eigenvalue weighted by Gasteiger charge is 2.32. The second-order valence-electron chi connectivity index (χ2n) is 7.30. The number of carboxylic acid groups (broad SMARTS) is 1. The van der Waals surface area contributed by atoms with Crippen LogP contribution >= 0.6 is 0 Å². The molecule has 6 heteroatoms. The number of aliphatic carboxylic acids is 1. The number of carboxylic acids is 1. The van der Waals surface area contributed by atoms with Gasteiger partial charge >= 0.3 is 5.97 Å². The number of nitrogens with one attached hydrogen (secondary N) is 1. The Balaban J connectivity index is 1.64. The van der Waals surface area contributed by atoms with Gasteiger partial charge in [0.15, 0.2) is 0 Å². The van der Waals surface area contributed by atoms with E-state index in [2.05, 4.69) is 5.32 Å².